The second kappa shape index (κ2) is 8.11. The molecular formula is C21H25ClN4O. The fourth-order valence-electron chi connectivity index (χ4n) is 3.64. The van der Waals surface area contributed by atoms with E-state index in [0.29, 0.717) is 6.54 Å². The van der Waals surface area contributed by atoms with Gasteiger partial charge in [0, 0.05) is 12.1 Å². The van der Waals surface area contributed by atoms with Gasteiger partial charge >= 0.3 is 0 Å². The van der Waals surface area contributed by atoms with Gasteiger partial charge < -0.3 is 16.0 Å². The van der Waals surface area contributed by atoms with Crippen molar-refractivity contribution in [2.75, 3.05) is 0 Å². The Morgan fingerprint density at radius 2 is 1.78 bits per heavy atom. The molecule has 5 nitrogen and oxygen atoms in total. The number of hydrogen-bond donors (Lipinski definition) is 3. The number of nitrogens with one attached hydrogen (secondary N) is 2. The summed E-state index contributed by atoms with van der Waals surface area (Å²) in [7, 11) is 0. The number of carbonyl (C=O) groups excluding carboxylic acids is 1. The number of benzene rings is 2. The van der Waals surface area contributed by atoms with Crippen LogP contribution in [0.2, 0.25) is 0 Å². The second-order valence-electron chi connectivity index (χ2n) is 7.20. The number of fused-ring (bicyclic) bond motifs is 1. The summed E-state index contributed by atoms with van der Waals surface area (Å²) in [5.74, 6) is 0.823. The van der Waals surface area contributed by atoms with Gasteiger partial charge in [0.15, 0.2) is 0 Å². The topological polar surface area (TPSA) is 83.8 Å². The molecule has 4 N–H and O–H groups in total. The number of rotatable bonds is 4. The number of nitrogens with two attached hydrogens (primary N) is 1. The lowest BCUT2D eigenvalue weighted by Crippen LogP contribution is -2.54. The van der Waals surface area contributed by atoms with E-state index in [1.54, 1.807) is 0 Å². The highest BCUT2D eigenvalue weighted by atomic mass is 35.5. The largest absolute Gasteiger partial charge is 0.350 e. The summed E-state index contributed by atoms with van der Waals surface area (Å²) in [6.07, 6.45) is 4.81. The van der Waals surface area contributed by atoms with Crippen LogP contribution < -0.4 is 11.1 Å². The van der Waals surface area contributed by atoms with Gasteiger partial charge in [0.2, 0.25) is 5.91 Å². The van der Waals surface area contributed by atoms with Crippen LogP contribution in [0.5, 0.6) is 0 Å². The second-order valence-corrected chi connectivity index (χ2v) is 7.20. The van der Waals surface area contributed by atoms with Gasteiger partial charge in [0.1, 0.15) is 5.82 Å². The van der Waals surface area contributed by atoms with Crippen LogP contribution in [0.4, 0.5) is 0 Å². The third kappa shape index (κ3) is 4.15. The number of amides is 1. The number of para-hydroxylation sites is 2. The molecule has 6 heteroatoms. The summed E-state index contributed by atoms with van der Waals surface area (Å²) in [6, 6.07) is 16.1. The van der Waals surface area contributed by atoms with Crippen molar-refractivity contribution in [2.45, 2.75) is 44.2 Å². The molecule has 0 bridgehead atoms. The number of H-pyrrole nitrogens is 1. The predicted octanol–water partition coefficient (Wildman–Crippen LogP) is 3.93. The van der Waals surface area contributed by atoms with Gasteiger partial charge in [0.05, 0.1) is 16.6 Å². The molecule has 1 heterocycles. The average molecular weight is 385 g/mol. The molecule has 0 radical (unpaired) electrons. The highest BCUT2D eigenvalue weighted by Crippen LogP contribution is 2.26. The number of hydrogen-bond acceptors (Lipinski definition) is 3. The lowest BCUT2D eigenvalue weighted by molar-refractivity contribution is -0.127. The van der Waals surface area contributed by atoms with Crippen molar-refractivity contribution in [3.8, 4) is 11.4 Å². The van der Waals surface area contributed by atoms with Crippen LogP contribution in [0.1, 0.15) is 37.7 Å². The van der Waals surface area contributed by atoms with Crippen LogP contribution in [0, 0.1) is 0 Å². The third-order valence-corrected chi connectivity index (χ3v) is 5.27. The van der Waals surface area contributed by atoms with E-state index in [1.165, 1.54) is 6.42 Å². The number of halogens is 1. The molecule has 1 amide bonds. The van der Waals surface area contributed by atoms with Gasteiger partial charge in [-0.25, -0.2) is 4.98 Å². The first-order valence-electron chi connectivity index (χ1n) is 9.25. The summed E-state index contributed by atoms with van der Waals surface area (Å²) in [5, 5.41) is 3.00. The quantitative estimate of drug-likeness (QED) is 0.637. The Kier molecular flexibility index (Phi) is 5.82. The zero-order valence-corrected chi connectivity index (χ0v) is 16.0. The smallest absolute Gasteiger partial charge is 0.240 e. The van der Waals surface area contributed by atoms with Crippen LogP contribution in [-0.4, -0.2) is 21.4 Å². The molecule has 4 rings (SSSR count). The minimum absolute atomic E-state index is 0. The Bertz CT molecular complexity index is 880. The van der Waals surface area contributed by atoms with Crippen molar-refractivity contribution < 1.29 is 4.79 Å². The molecule has 1 saturated carbocycles. The SMILES string of the molecule is Cl.NC1(C(=O)NCc2ccc(-c3nc4ccccc4[nH]3)cc2)CCCCC1. The molecule has 0 spiro atoms. The van der Waals surface area contributed by atoms with Gasteiger partial charge in [-0.1, -0.05) is 55.7 Å². The van der Waals surface area contributed by atoms with Crippen molar-refractivity contribution in [1.29, 1.82) is 0 Å². The lowest BCUT2D eigenvalue weighted by Gasteiger charge is -2.31. The van der Waals surface area contributed by atoms with Gasteiger partial charge in [0.25, 0.3) is 0 Å². The summed E-state index contributed by atoms with van der Waals surface area (Å²) in [6.45, 7) is 0.498. The fraction of sp³-hybridized carbons (Fsp3) is 0.333. The number of aromatic nitrogens is 2. The summed E-state index contributed by atoms with van der Waals surface area (Å²) < 4.78 is 0. The van der Waals surface area contributed by atoms with E-state index < -0.39 is 5.54 Å². The molecule has 2 aromatic carbocycles. The van der Waals surface area contributed by atoms with Crippen LogP contribution in [-0.2, 0) is 11.3 Å². The van der Waals surface area contributed by atoms with Gasteiger partial charge in [-0.15, -0.1) is 12.4 Å². The van der Waals surface area contributed by atoms with Crippen molar-refractivity contribution in [3.05, 3.63) is 54.1 Å². The molecule has 1 aliphatic carbocycles. The predicted molar refractivity (Wildman–Crippen MR) is 111 cm³/mol. The molecule has 0 unspecified atom stereocenters. The zero-order chi connectivity index (χ0) is 18.0. The molecule has 142 valence electrons. The Labute approximate surface area is 165 Å². The van der Waals surface area contributed by atoms with E-state index in [0.717, 1.165) is 53.7 Å². The van der Waals surface area contributed by atoms with Crippen molar-refractivity contribution in [2.24, 2.45) is 5.73 Å². The molecule has 1 fully saturated rings. The van der Waals surface area contributed by atoms with E-state index in [2.05, 4.69) is 15.3 Å². The minimum Gasteiger partial charge on any atom is -0.350 e. The Morgan fingerprint density at radius 1 is 1.07 bits per heavy atom. The number of aromatic amines is 1. The highest BCUT2D eigenvalue weighted by molar-refractivity contribution is 5.86. The van der Waals surface area contributed by atoms with E-state index in [-0.39, 0.29) is 18.3 Å². The third-order valence-electron chi connectivity index (χ3n) is 5.27. The van der Waals surface area contributed by atoms with Crippen molar-refractivity contribution in [3.63, 3.8) is 0 Å². The Hall–Kier alpha value is -2.37. The van der Waals surface area contributed by atoms with E-state index in [4.69, 9.17) is 5.73 Å². The monoisotopic (exact) mass is 384 g/mol. The first-order chi connectivity index (χ1) is 12.6. The maximum absolute atomic E-state index is 12.4. The number of nitrogens with zero attached hydrogens (tertiary/aromatic N) is 1. The fourth-order valence-corrected chi connectivity index (χ4v) is 3.64. The van der Waals surface area contributed by atoms with Gasteiger partial charge in [-0.05, 0) is 30.5 Å². The first-order valence-corrected chi connectivity index (χ1v) is 9.25. The lowest BCUT2D eigenvalue weighted by atomic mass is 9.82. The highest BCUT2D eigenvalue weighted by Gasteiger charge is 2.34. The number of imidazole rings is 1. The van der Waals surface area contributed by atoms with E-state index in [9.17, 15) is 4.79 Å². The van der Waals surface area contributed by atoms with Crippen molar-refractivity contribution in [1.82, 2.24) is 15.3 Å². The first kappa shape index (κ1) is 19.4. The normalized spacial score (nSPS) is 15.9. The maximum atomic E-state index is 12.4. The zero-order valence-electron chi connectivity index (χ0n) is 15.2. The van der Waals surface area contributed by atoms with Gasteiger partial charge in [-0.2, -0.15) is 0 Å². The van der Waals surface area contributed by atoms with Crippen LogP contribution >= 0.6 is 12.4 Å². The molecule has 27 heavy (non-hydrogen) atoms. The molecule has 0 aliphatic heterocycles. The molecule has 3 aromatic rings. The van der Waals surface area contributed by atoms with Crippen LogP contribution in [0.3, 0.4) is 0 Å². The Morgan fingerprint density at radius 3 is 2.48 bits per heavy atom. The maximum Gasteiger partial charge on any atom is 0.240 e. The summed E-state index contributed by atoms with van der Waals surface area (Å²) >= 11 is 0. The Balaban J connectivity index is 0.00000210. The molecule has 1 aliphatic rings. The number of carbonyl (C=O) groups is 1. The summed E-state index contributed by atoms with van der Waals surface area (Å²) in [4.78, 5) is 20.4. The molecule has 0 atom stereocenters. The van der Waals surface area contributed by atoms with E-state index >= 15 is 0 Å². The molecule has 0 saturated heterocycles. The molecule has 1 aromatic heterocycles. The van der Waals surface area contributed by atoms with Crippen LogP contribution in [0.15, 0.2) is 48.5 Å². The van der Waals surface area contributed by atoms with E-state index in [1.807, 2.05) is 48.5 Å². The van der Waals surface area contributed by atoms with Crippen LogP contribution in [0.25, 0.3) is 22.4 Å². The van der Waals surface area contributed by atoms with Crippen molar-refractivity contribution >= 4 is 29.3 Å². The molecular weight excluding hydrogens is 360 g/mol. The van der Waals surface area contributed by atoms with Gasteiger partial charge in [-0.3, -0.25) is 4.79 Å². The average Bonchev–Trinajstić information content (AvgIpc) is 3.11. The minimum atomic E-state index is -0.688. The summed E-state index contributed by atoms with van der Waals surface area (Å²) in [5.41, 5.74) is 9.66. The standard InChI is InChI=1S/C21H24N4O.ClH/c22-21(12-4-1-5-13-21)20(26)23-14-15-8-10-16(11-9-15)19-24-17-6-2-3-7-18(17)25-19;/h2-3,6-11H,1,4-5,12-14,22H2,(H,23,26)(H,24,25);1H.